The van der Waals surface area contributed by atoms with Gasteiger partial charge in [0.1, 0.15) is 23.1 Å². The summed E-state index contributed by atoms with van der Waals surface area (Å²) in [5.41, 5.74) is 8.60. The van der Waals surface area contributed by atoms with Crippen molar-refractivity contribution in [1.29, 1.82) is 0 Å². The third kappa shape index (κ3) is 2.63. The van der Waals surface area contributed by atoms with E-state index in [2.05, 4.69) is 10.1 Å². The number of hydrogen-bond acceptors (Lipinski definition) is 6. The summed E-state index contributed by atoms with van der Waals surface area (Å²) >= 11 is 0. The van der Waals surface area contributed by atoms with Crippen molar-refractivity contribution in [2.75, 3.05) is 20.0 Å². The minimum atomic E-state index is 0.470. The van der Waals surface area contributed by atoms with Crippen molar-refractivity contribution in [1.82, 2.24) is 14.6 Å². The van der Waals surface area contributed by atoms with Gasteiger partial charge in [0.15, 0.2) is 11.4 Å². The maximum atomic E-state index is 6.20. The van der Waals surface area contributed by atoms with Crippen LogP contribution in [-0.2, 0) is 0 Å². The summed E-state index contributed by atoms with van der Waals surface area (Å²) in [5, 5.41) is 4.44. The van der Waals surface area contributed by atoms with Crippen LogP contribution in [0.4, 0.5) is 5.82 Å². The van der Waals surface area contributed by atoms with Crippen LogP contribution in [0.3, 0.4) is 0 Å². The van der Waals surface area contributed by atoms with Crippen LogP contribution in [0.15, 0.2) is 46.9 Å². The summed E-state index contributed by atoms with van der Waals surface area (Å²) in [6, 6.07) is 13.1. The second-order valence-electron chi connectivity index (χ2n) is 5.85. The molecule has 0 spiro atoms. The molecule has 3 heterocycles. The van der Waals surface area contributed by atoms with Gasteiger partial charge in [0.2, 0.25) is 5.82 Å². The lowest BCUT2D eigenvalue weighted by Gasteiger charge is -2.11. The van der Waals surface area contributed by atoms with E-state index in [1.54, 1.807) is 18.7 Å². The standard InChI is InChI=1S/C19H18N4O3/c1-11-4-7-15(26-11)19-21-18-9-12(8-17(20)23(18)22-19)14-6-5-13(24-2)10-16(14)25-3/h4-10H,20H2,1-3H3. The van der Waals surface area contributed by atoms with Crippen LogP contribution in [0.1, 0.15) is 5.76 Å². The number of nitrogens with zero attached hydrogens (tertiary/aromatic N) is 3. The van der Waals surface area contributed by atoms with Gasteiger partial charge in [0.05, 0.1) is 14.2 Å². The van der Waals surface area contributed by atoms with Crippen LogP contribution < -0.4 is 15.2 Å². The molecule has 0 bridgehead atoms. The Balaban J connectivity index is 1.85. The molecule has 0 radical (unpaired) electrons. The first-order valence-corrected chi connectivity index (χ1v) is 8.04. The summed E-state index contributed by atoms with van der Waals surface area (Å²) in [6.07, 6.45) is 0. The minimum Gasteiger partial charge on any atom is -0.497 e. The molecular formula is C19H18N4O3. The number of anilines is 1. The zero-order valence-electron chi connectivity index (χ0n) is 14.7. The molecule has 4 aromatic rings. The number of ether oxygens (including phenoxy) is 2. The van der Waals surface area contributed by atoms with Crippen LogP contribution in [0.25, 0.3) is 28.4 Å². The molecule has 132 valence electrons. The van der Waals surface area contributed by atoms with Gasteiger partial charge in [-0.3, -0.25) is 0 Å². The largest absolute Gasteiger partial charge is 0.497 e. The maximum Gasteiger partial charge on any atom is 0.217 e. The molecule has 2 N–H and O–H groups in total. The number of aryl methyl sites for hydroxylation is 1. The summed E-state index contributed by atoms with van der Waals surface area (Å²) in [4.78, 5) is 4.55. The smallest absolute Gasteiger partial charge is 0.217 e. The van der Waals surface area contributed by atoms with Gasteiger partial charge in [-0.15, -0.1) is 5.10 Å². The molecule has 7 heteroatoms. The molecule has 0 fully saturated rings. The second kappa shape index (κ2) is 6.11. The molecule has 0 atom stereocenters. The first kappa shape index (κ1) is 16.0. The molecule has 3 aromatic heterocycles. The second-order valence-corrected chi connectivity index (χ2v) is 5.85. The quantitative estimate of drug-likeness (QED) is 0.605. The van der Waals surface area contributed by atoms with Crippen LogP contribution in [0, 0.1) is 6.92 Å². The zero-order chi connectivity index (χ0) is 18.3. The fraction of sp³-hybridized carbons (Fsp3) is 0.158. The molecule has 0 aliphatic rings. The van der Waals surface area contributed by atoms with E-state index in [1.165, 1.54) is 0 Å². The number of nitrogen functional groups attached to an aromatic ring is 1. The van der Waals surface area contributed by atoms with E-state index >= 15 is 0 Å². The molecular weight excluding hydrogens is 332 g/mol. The normalized spacial score (nSPS) is 11.0. The topological polar surface area (TPSA) is 87.8 Å². The molecule has 4 rings (SSSR count). The average molecular weight is 350 g/mol. The molecule has 7 nitrogen and oxygen atoms in total. The van der Waals surface area contributed by atoms with E-state index in [-0.39, 0.29) is 0 Å². The van der Waals surface area contributed by atoms with Gasteiger partial charge in [-0.05, 0) is 48.9 Å². The van der Waals surface area contributed by atoms with Crippen molar-refractivity contribution in [3.8, 4) is 34.2 Å². The van der Waals surface area contributed by atoms with Crippen LogP contribution in [0.2, 0.25) is 0 Å². The Kier molecular flexibility index (Phi) is 3.76. The highest BCUT2D eigenvalue weighted by Crippen LogP contribution is 2.35. The van der Waals surface area contributed by atoms with E-state index in [1.807, 2.05) is 49.4 Å². The Morgan fingerprint density at radius 3 is 2.58 bits per heavy atom. The Morgan fingerprint density at radius 1 is 1.04 bits per heavy atom. The lowest BCUT2D eigenvalue weighted by atomic mass is 10.1. The first-order valence-electron chi connectivity index (χ1n) is 8.04. The summed E-state index contributed by atoms with van der Waals surface area (Å²) in [6.45, 7) is 1.88. The number of fused-ring (bicyclic) bond motifs is 1. The number of rotatable bonds is 4. The fourth-order valence-electron chi connectivity index (χ4n) is 2.86. The third-order valence-corrected chi connectivity index (χ3v) is 4.15. The summed E-state index contributed by atoms with van der Waals surface area (Å²) in [5.74, 6) is 3.78. The SMILES string of the molecule is COc1ccc(-c2cc(N)n3nc(-c4ccc(C)o4)nc3c2)c(OC)c1. The molecule has 0 saturated heterocycles. The van der Waals surface area contributed by atoms with Crippen molar-refractivity contribution in [2.45, 2.75) is 6.92 Å². The molecule has 0 amide bonds. The van der Waals surface area contributed by atoms with E-state index in [0.717, 1.165) is 22.6 Å². The number of aromatic nitrogens is 3. The lowest BCUT2D eigenvalue weighted by Crippen LogP contribution is -1.99. The van der Waals surface area contributed by atoms with Gasteiger partial charge in [-0.2, -0.15) is 4.52 Å². The molecule has 1 aromatic carbocycles. The lowest BCUT2D eigenvalue weighted by molar-refractivity contribution is 0.395. The van der Waals surface area contributed by atoms with E-state index < -0.39 is 0 Å². The van der Waals surface area contributed by atoms with Crippen molar-refractivity contribution in [2.24, 2.45) is 0 Å². The predicted molar refractivity (Wildman–Crippen MR) is 98.4 cm³/mol. The van der Waals surface area contributed by atoms with Gasteiger partial charge in [-0.25, -0.2) is 4.98 Å². The van der Waals surface area contributed by atoms with Gasteiger partial charge < -0.3 is 19.6 Å². The number of nitrogens with two attached hydrogens (primary N) is 1. The minimum absolute atomic E-state index is 0.470. The number of hydrogen-bond donors (Lipinski definition) is 1. The monoisotopic (exact) mass is 350 g/mol. The molecule has 0 aliphatic carbocycles. The number of furan rings is 1. The Bertz CT molecular complexity index is 1100. The van der Waals surface area contributed by atoms with Crippen molar-refractivity contribution < 1.29 is 13.9 Å². The molecule has 0 saturated carbocycles. The third-order valence-electron chi connectivity index (χ3n) is 4.15. The molecule has 0 unspecified atom stereocenters. The Hall–Kier alpha value is -3.48. The van der Waals surface area contributed by atoms with Gasteiger partial charge in [0, 0.05) is 11.6 Å². The van der Waals surface area contributed by atoms with Gasteiger partial charge >= 0.3 is 0 Å². The highest BCUT2D eigenvalue weighted by Gasteiger charge is 2.15. The van der Waals surface area contributed by atoms with E-state index in [9.17, 15) is 0 Å². The van der Waals surface area contributed by atoms with E-state index in [0.29, 0.717) is 28.8 Å². The van der Waals surface area contributed by atoms with Crippen molar-refractivity contribution in [3.63, 3.8) is 0 Å². The average Bonchev–Trinajstić information content (AvgIpc) is 3.27. The van der Waals surface area contributed by atoms with Crippen LogP contribution in [0.5, 0.6) is 11.5 Å². The maximum absolute atomic E-state index is 6.20. The van der Waals surface area contributed by atoms with Crippen LogP contribution in [-0.4, -0.2) is 28.8 Å². The Morgan fingerprint density at radius 2 is 1.88 bits per heavy atom. The first-order chi connectivity index (χ1) is 12.6. The van der Waals surface area contributed by atoms with Crippen molar-refractivity contribution in [3.05, 3.63) is 48.2 Å². The highest BCUT2D eigenvalue weighted by atomic mass is 16.5. The molecule has 26 heavy (non-hydrogen) atoms. The summed E-state index contributed by atoms with van der Waals surface area (Å²) < 4.78 is 17.9. The van der Waals surface area contributed by atoms with E-state index in [4.69, 9.17) is 19.6 Å². The number of methoxy groups -OCH3 is 2. The number of pyridine rings is 1. The predicted octanol–water partition coefficient (Wildman–Crippen LogP) is 3.56. The van der Waals surface area contributed by atoms with Gasteiger partial charge in [-0.1, -0.05) is 0 Å². The van der Waals surface area contributed by atoms with Gasteiger partial charge in [0.25, 0.3) is 0 Å². The summed E-state index contributed by atoms with van der Waals surface area (Å²) in [7, 11) is 3.24. The van der Waals surface area contributed by atoms with Crippen molar-refractivity contribution >= 4 is 11.5 Å². The fourth-order valence-corrected chi connectivity index (χ4v) is 2.86. The molecule has 0 aliphatic heterocycles. The zero-order valence-corrected chi connectivity index (χ0v) is 14.7. The number of benzene rings is 1. The van der Waals surface area contributed by atoms with Crippen LogP contribution >= 0.6 is 0 Å². The highest BCUT2D eigenvalue weighted by molar-refractivity contribution is 5.76. The Labute approximate surface area is 150 Å².